The molecule has 19 heavy (non-hydrogen) atoms. The number of aryl methyl sites for hydroxylation is 1. The second-order valence-corrected chi connectivity index (χ2v) is 4.56. The molecule has 0 saturated heterocycles. The van der Waals surface area contributed by atoms with E-state index >= 15 is 0 Å². The normalized spacial score (nSPS) is 10.4. The van der Waals surface area contributed by atoms with Crippen LogP contribution >= 0.6 is 0 Å². The molecule has 0 aliphatic rings. The van der Waals surface area contributed by atoms with Gasteiger partial charge < -0.3 is 10.2 Å². The van der Waals surface area contributed by atoms with E-state index in [9.17, 15) is 4.79 Å². The summed E-state index contributed by atoms with van der Waals surface area (Å²) in [6.45, 7) is 2.02. The van der Waals surface area contributed by atoms with Crippen molar-refractivity contribution in [3.05, 3.63) is 59.2 Å². The second kappa shape index (κ2) is 5.67. The maximum absolute atomic E-state index is 11.1. The van der Waals surface area contributed by atoms with Gasteiger partial charge in [-0.2, -0.15) is 0 Å². The highest BCUT2D eigenvalue weighted by molar-refractivity contribution is 5.89. The Morgan fingerprint density at radius 1 is 1.05 bits per heavy atom. The maximum atomic E-state index is 11.1. The van der Waals surface area contributed by atoms with Gasteiger partial charge in [0.05, 0.1) is 5.56 Å². The van der Waals surface area contributed by atoms with Crippen LogP contribution in [0.1, 0.15) is 21.5 Å². The minimum Gasteiger partial charge on any atom is -0.478 e. The average Bonchev–Trinajstić information content (AvgIpc) is 2.39. The Morgan fingerprint density at radius 3 is 2.32 bits per heavy atom. The molecule has 0 spiro atoms. The van der Waals surface area contributed by atoms with Crippen LogP contribution in [0.25, 0.3) is 11.1 Å². The fourth-order valence-corrected chi connectivity index (χ4v) is 2.00. The molecule has 2 N–H and O–H groups in total. The van der Waals surface area contributed by atoms with Crippen molar-refractivity contribution in [1.82, 2.24) is 0 Å². The summed E-state index contributed by atoms with van der Waals surface area (Å²) in [5.41, 5.74) is 4.09. The Kier molecular flexibility index (Phi) is 3.97. The topological polar surface area (TPSA) is 57.5 Å². The van der Waals surface area contributed by atoms with Crippen molar-refractivity contribution >= 4 is 5.97 Å². The van der Waals surface area contributed by atoms with E-state index in [-0.39, 0.29) is 12.2 Å². The number of aromatic carboxylic acids is 1. The minimum atomic E-state index is -0.951. The van der Waals surface area contributed by atoms with Crippen LogP contribution in [-0.4, -0.2) is 22.8 Å². The smallest absolute Gasteiger partial charge is 0.335 e. The van der Waals surface area contributed by atoms with Gasteiger partial charge in [0.1, 0.15) is 0 Å². The molecule has 0 heterocycles. The molecule has 0 aromatic heterocycles. The number of carboxylic acids is 1. The van der Waals surface area contributed by atoms with E-state index in [1.807, 2.05) is 37.3 Å². The highest BCUT2D eigenvalue weighted by Crippen LogP contribution is 2.23. The van der Waals surface area contributed by atoms with E-state index in [1.54, 1.807) is 12.1 Å². The third-order valence-corrected chi connectivity index (χ3v) is 3.03. The fourth-order valence-electron chi connectivity index (χ4n) is 2.00. The lowest BCUT2D eigenvalue weighted by atomic mass is 9.98. The SMILES string of the molecule is Cc1ccc(-c2cc(CCO)cc(C(=O)O)c2)cc1. The van der Waals surface area contributed by atoms with Crippen molar-refractivity contribution in [2.75, 3.05) is 6.61 Å². The summed E-state index contributed by atoms with van der Waals surface area (Å²) in [6, 6.07) is 13.1. The van der Waals surface area contributed by atoms with E-state index in [0.717, 1.165) is 22.3 Å². The van der Waals surface area contributed by atoms with Crippen molar-refractivity contribution in [2.24, 2.45) is 0 Å². The molecule has 0 saturated carbocycles. The lowest BCUT2D eigenvalue weighted by molar-refractivity contribution is 0.0696. The number of hydrogen-bond donors (Lipinski definition) is 2. The van der Waals surface area contributed by atoms with Crippen LogP contribution in [0.3, 0.4) is 0 Å². The lowest BCUT2D eigenvalue weighted by Crippen LogP contribution is -2.00. The predicted molar refractivity (Wildman–Crippen MR) is 74.4 cm³/mol. The number of aliphatic hydroxyl groups excluding tert-OH is 1. The Bertz CT molecular complexity index is 585. The molecule has 0 aliphatic carbocycles. The molecule has 98 valence electrons. The Labute approximate surface area is 112 Å². The molecule has 2 rings (SSSR count). The van der Waals surface area contributed by atoms with E-state index in [4.69, 9.17) is 10.2 Å². The summed E-state index contributed by atoms with van der Waals surface area (Å²) >= 11 is 0. The molecule has 0 fully saturated rings. The summed E-state index contributed by atoms with van der Waals surface area (Å²) in [4.78, 5) is 11.1. The molecule has 3 nitrogen and oxygen atoms in total. The zero-order valence-corrected chi connectivity index (χ0v) is 10.8. The molecule has 2 aromatic rings. The van der Waals surface area contributed by atoms with Gasteiger partial charge in [-0.15, -0.1) is 0 Å². The molecule has 2 aromatic carbocycles. The molecule has 0 atom stereocenters. The largest absolute Gasteiger partial charge is 0.478 e. The van der Waals surface area contributed by atoms with Gasteiger partial charge in [0.2, 0.25) is 0 Å². The van der Waals surface area contributed by atoms with Gasteiger partial charge in [0.15, 0.2) is 0 Å². The van der Waals surface area contributed by atoms with Crippen molar-refractivity contribution in [1.29, 1.82) is 0 Å². The van der Waals surface area contributed by atoms with Gasteiger partial charge in [-0.05, 0) is 42.2 Å². The first-order chi connectivity index (χ1) is 9.10. The third-order valence-electron chi connectivity index (χ3n) is 3.03. The van der Waals surface area contributed by atoms with Gasteiger partial charge in [0, 0.05) is 6.61 Å². The maximum Gasteiger partial charge on any atom is 0.335 e. The van der Waals surface area contributed by atoms with Crippen LogP contribution in [-0.2, 0) is 6.42 Å². The first-order valence-corrected chi connectivity index (χ1v) is 6.15. The summed E-state index contributed by atoms with van der Waals surface area (Å²) in [6.07, 6.45) is 0.458. The highest BCUT2D eigenvalue weighted by Gasteiger charge is 2.08. The molecule has 0 amide bonds. The van der Waals surface area contributed by atoms with Gasteiger partial charge in [-0.3, -0.25) is 0 Å². The number of carboxylic acid groups (broad SMARTS) is 1. The number of benzene rings is 2. The first-order valence-electron chi connectivity index (χ1n) is 6.15. The fraction of sp³-hybridized carbons (Fsp3) is 0.188. The summed E-state index contributed by atoms with van der Waals surface area (Å²) < 4.78 is 0. The number of aliphatic hydroxyl groups is 1. The summed E-state index contributed by atoms with van der Waals surface area (Å²) in [5, 5.41) is 18.1. The van der Waals surface area contributed by atoms with Crippen LogP contribution in [0.5, 0.6) is 0 Å². The van der Waals surface area contributed by atoms with Gasteiger partial charge >= 0.3 is 5.97 Å². The standard InChI is InChI=1S/C16H16O3/c1-11-2-4-13(5-3-11)14-8-12(6-7-17)9-15(10-14)16(18)19/h2-5,8-10,17H,6-7H2,1H3,(H,18,19). The van der Waals surface area contributed by atoms with Gasteiger partial charge in [-0.1, -0.05) is 35.9 Å². The van der Waals surface area contributed by atoms with Crippen molar-refractivity contribution in [3.8, 4) is 11.1 Å². The van der Waals surface area contributed by atoms with Gasteiger partial charge in [-0.25, -0.2) is 4.79 Å². The number of hydrogen-bond acceptors (Lipinski definition) is 2. The summed E-state index contributed by atoms with van der Waals surface area (Å²) in [5.74, 6) is -0.951. The number of rotatable bonds is 4. The monoisotopic (exact) mass is 256 g/mol. The zero-order chi connectivity index (χ0) is 13.8. The van der Waals surface area contributed by atoms with Crippen molar-refractivity contribution < 1.29 is 15.0 Å². The lowest BCUT2D eigenvalue weighted by Gasteiger charge is -2.08. The number of carbonyl (C=O) groups is 1. The van der Waals surface area contributed by atoms with E-state index in [1.165, 1.54) is 0 Å². The second-order valence-electron chi connectivity index (χ2n) is 4.56. The Balaban J connectivity index is 2.49. The quantitative estimate of drug-likeness (QED) is 0.884. The third kappa shape index (κ3) is 3.20. The van der Waals surface area contributed by atoms with Crippen molar-refractivity contribution in [3.63, 3.8) is 0 Å². The molecule has 0 aliphatic heterocycles. The Hall–Kier alpha value is -2.13. The van der Waals surface area contributed by atoms with Crippen LogP contribution < -0.4 is 0 Å². The van der Waals surface area contributed by atoms with E-state index in [0.29, 0.717) is 6.42 Å². The van der Waals surface area contributed by atoms with E-state index < -0.39 is 5.97 Å². The molecular weight excluding hydrogens is 240 g/mol. The minimum absolute atomic E-state index is 0.0103. The molecule has 0 unspecified atom stereocenters. The van der Waals surface area contributed by atoms with Crippen LogP contribution in [0.4, 0.5) is 0 Å². The van der Waals surface area contributed by atoms with E-state index in [2.05, 4.69) is 0 Å². The highest BCUT2D eigenvalue weighted by atomic mass is 16.4. The molecule has 3 heteroatoms. The molecule has 0 bridgehead atoms. The van der Waals surface area contributed by atoms with Crippen LogP contribution in [0.15, 0.2) is 42.5 Å². The zero-order valence-electron chi connectivity index (χ0n) is 10.8. The Morgan fingerprint density at radius 2 is 1.74 bits per heavy atom. The molecule has 0 radical (unpaired) electrons. The molecular formula is C16H16O3. The average molecular weight is 256 g/mol. The first kappa shape index (κ1) is 13.3. The van der Waals surface area contributed by atoms with Crippen LogP contribution in [0.2, 0.25) is 0 Å². The van der Waals surface area contributed by atoms with Gasteiger partial charge in [0.25, 0.3) is 0 Å². The summed E-state index contributed by atoms with van der Waals surface area (Å²) in [7, 11) is 0. The predicted octanol–water partition coefficient (Wildman–Crippen LogP) is 2.90. The van der Waals surface area contributed by atoms with Crippen molar-refractivity contribution in [2.45, 2.75) is 13.3 Å². The van der Waals surface area contributed by atoms with Crippen LogP contribution in [0, 0.1) is 6.92 Å².